The molecule has 0 saturated carbocycles. The highest BCUT2D eigenvalue weighted by Crippen LogP contribution is 2.43. The molecule has 0 N–H and O–H groups in total. The molecule has 0 unspecified atom stereocenters. The zero-order chi connectivity index (χ0) is 43.2. The van der Waals surface area contributed by atoms with E-state index >= 15 is 0 Å². The largest absolute Gasteiger partial charge is 0.452 e. The highest BCUT2D eigenvalue weighted by molar-refractivity contribution is 7.17. The Balaban J connectivity index is 0.950. The average Bonchev–Trinajstić information content (AvgIpc) is 4.13. The van der Waals surface area contributed by atoms with Gasteiger partial charge in [-0.2, -0.15) is 0 Å². The Hall–Kier alpha value is -8.39. The van der Waals surface area contributed by atoms with Crippen molar-refractivity contribution in [1.82, 2.24) is 19.5 Å². The van der Waals surface area contributed by atoms with Crippen LogP contribution in [0.5, 0.6) is 0 Å². The van der Waals surface area contributed by atoms with Crippen LogP contribution in [0.15, 0.2) is 191 Å². The number of thiophene rings is 1. The number of fused-ring (bicyclic) bond motifs is 11. The molecule has 0 atom stereocenters. The summed E-state index contributed by atoms with van der Waals surface area (Å²) in [6, 6.07) is 61.2. The number of hydrogen-bond donors (Lipinski definition) is 0. The zero-order valence-electron chi connectivity index (χ0n) is 35.1. The van der Waals surface area contributed by atoms with Crippen LogP contribution < -0.4 is 9.75 Å². The molecule has 13 rings (SSSR count). The summed E-state index contributed by atoms with van der Waals surface area (Å²) in [5.41, 5.74) is 11.3. The second-order valence-corrected chi connectivity index (χ2v) is 17.4. The number of aromatic nitrogens is 4. The SMILES string of the molecule is C=C(/C=c1\c(=C/C)sc2ccc(-n3c4ccccc4c4cc(-c5cccc6c5oc5c6ccc6c7ccccc7oc65)ccc43)cc12)c1nc(-c2ccccc2)nc(-c2ccccc2)n1. The Bertz CT molecular complexity index is 4160. The minimum absolute atomic E-state index is 0.537. The van der Waals surface area contributed by atoms with Gasteiger partial charge >= 0.3 is 0 Å². The van der Waals surface area contributed by atoms with Crippen LogP contribution in [-0.4, -0.2) is 19.5 Å². The Morgan fingerprint density at radius 2 is 1.17 bits per heavy atom. The highest BCUT2D eigenvalue weighted by Gasteiger charge is 2.20. The van der Waals surface area contributed by atoms with Gasteiger partial charge in [0.05, 0.1) is 11.0 Å². The van der Waals surface area contributed by atoms with E-state index < -0.39 is 0 Å². The summed E-state index contributed by atoms with van der Waals surface area (Å²) in [7, 11) is 0. The quantitative estimate of drug-likeness (QED) is 0.167. The minimum Gasteiger partial charge on any atom is -0.452 e. The van der Waals surface area contributed by atoms with Gasteiger partial charge < -0.3 is 13.4 Å². The van der Waals surface area contributed by atoms with Crippen molar-refractivity contribution in [2.24, 2.45) is 0 Å². The molecule has 0 saturated heterocycles. The maximum absolute atomic E-state index is 6.81. The van der Waals surface area contributed by atoms with Gasteiger partial charge in [0, 0.05) is 80.1 Å². The molecule has 0 amide bonds. The zero-order valence-corrected chi connectivity index (χ0v) is 35.9. The first-order valence-corrected chi connectivity index (χ1v) is 22.5. The van der Waals surface area contributed by atoms with Crippen molar-refractivity contribution in [2.45, 2.75) is 6.92 Å². The first-order valence-electron chi connectivity index (χ1n) is 21.6. The maximum atomic E-state index is 6.81. The third-order valence-corrected chi connectivity index (χ3v) is 13.8. The van der Waals surface area contributed by atoms with Gasteiger partial charge in [-0.1, -0.05) is 134 Å². The fourth-order valence-corrected chi connectivity index (χ4v) is 10.6. The van der Waals surface area contributed by atoms with E-state index in [2.05, 4.69) is 127 Å². The summed E-state index contributed by atoms with van der Waals surface area (Å²) in [4.78, 5) is 14.8. The molecule has 0 fully saturated rings. The van der Waals surface area contributed by atoms with Gasteiger partial charge in [-0.3, -0.25) is 0 Å². The van der Waals surface area contributed by atoms with E-state index in [4.69, 9.17) is 23.8 Å². The lowest BCUT2D eigenvalue weighted by Crippen LogP contribution is -2.18. The van der Waals surface area contributed by atoms with Crippen LogP contribution in [-0.2, 0) is 0 Å². The molecule has 0 aliphatic rings. The molecule has 0 bridgehead atoms. The number of hydrogen-bond acceptors (Lipinski definition) is 6. The van der Waals surface area contributed by atoms with E-state index in [1.807, 2.05) is 78.9 Å². The molecule has 0 aliphatic heterocycles. The predicted octanol–water partition coefficient (Wildman–Crippen LogP) is 14.3. The molecule has 65 heavy (non-hydrogen) atoms. The molecule has 6 nitrogen and oxygen atoms in total. The van der Waals surface area contributed by atoms with Gasteiger partial charge in [-0.05, 0) is 73.2 Å². The monoisotopic (exact) mass is 852 g/mol. The van der Waals surface area contributed by atoms with E-state index in [0.717, 1.165) is 103 Å². The molecular weight excluding hydrogens is 817 g/mol. The van der Waals surface area contributed by atoms with Crippen LogP contribution in [0.4, 0.5) is 0 Å². The molecule has 5 aromatic heterocycles. The molecule has 13 aromatic rings. The maximum Gasteiger partial charge on any atom is 0.178 e. The average molecular weight is 853 g/mol. The topological polar surface area (TPSA) is 69.9 Å². The van der Waals surface area contributed by atoms with Crippen LogP contribution in [0.1, 0.15) is 12.7 Å². The van der Waals surface area contributed by atoms with Gasteiger partial charge in [0.25, 0.3) is 0 Å². The van der Waals surface area contributed by atoms with Crippen LogP contribution in [0, 0.1) is 0 Å². The fraction of sp³-hybridized carbons (Fsp3) is 0.0172. The van der Waals surface area contributed by atoms with Gasteiger partial charge in [0.15, 0.2) is 28.6 Å². The van der Waals surface area contributed by atoms with Crippen molar-refractivity contribution in [3.8, 4) is 39.6 Å². The Morgan fingerprint density at radius 1 is 0.523 bits per heavy atom. The summed E-state index contributed by atoms with van der Waals surface area (Å²) in [5.74, 6) is 1.75. The van der Waals surface area contributed by atoms with Crippen LogP contribution >= 0.6 is 11.3 Å². The second kappa shape index (κ2) is 14.6. The van der Waals surface area contributed by atoms with Gasteiger partial charge in [0.2, 0.25) is 0 Å². The van der Waals surface area contributed by atoms with Gasteiger partial charge in [-0.15, -0.1) is 11.3 Å². The van der Waals surface area contributed by atoms with E-state index in [1.54, 1.807) is 11.3 Å². The molecule has 0 spiro atoms. The second-order valence-electron chi connectivity index (χ2n) is 16.3. The Kier molecular flexibility index (Phi) is 8.35. The summed E-state index contributed by atoms with van der Waals surface area (Å²) >= 11 is 1.77. The lowest BCUT2D eigenvalue weighted by molar-refractivity contribution is 0.634. The van der Waals surface area contributed by atoms with Crippen molar-refractivity contribution >= 4 is 105 Å². The predicted molar refractivity (Wildman–Crippen MR) is 270 cm³/mol. The van der Waals surface area contributed by atoms with Crippen molar-refractivity contribution in [1.29, 1.82) is 0 Å². The number of para-hydroxylation sites is 3. The summed E-state index contributed by atoms with van der Waals surface area (Å²) < 4.78 is 17.9. The molecule has 0 aliphatic carbocycles. The third kappa shape index (κ3) is 5.90. The standard InChI is InChI=1S/C58H36N4O2S/c1-3-51-46(31-34(2)56-59-57(35-15-6-4-7-16-35)61-58(60-56)36-17-8-5-9-18-36)47-33-38(26-30-52(47)65-51)62-48-23-12-10-19-40(48)45-32-37(25-29-49(45)62)39-21-14-22-42-44-28-27-43-41-20-11-13-24-50(41)63-54(43)55(44)64-53(39)42/h3-33H,2H2,1H3/b46-31-,51-3+. The van der Waals surface area contributed by atoms with Gasteiger partial charge in [0.1, 0.15) is 11.2 Å². The number of benzene rings is 8. The fourth-order valence-electron chi connectivity index (χ4n) is 9.50. The van der Waals surface area contributed by atoms with Crippen LogP contribution in [0.25, 0.3) is 133 Å². The molecule has 5 heterocycles. The molecule has 7 heteroatoms. The van der Waals surface area contributed by atoms with Crippen molar-refractivity contribution in [2.75, 3.05) is 0 Å². The van der Waals surface area contributed by atoms with Crippen molar-refractivity contribution in [3.05, 3.63) is 198 Å². The Morgan fingerprint density at radius 3 is 1.94 bits per heavy atom. The third-order valence-electron chi connectivity index (χ3n) is 12.6. The molecular formula is C58H36N4O2S. The highest BCUT2D eigenvalue weighted by atomic mass is 32.1. The van der Waals surface area contributed by atoms with Gasteiger partial charge in [-0.25, -0.2) is 15.0 Å². The van der Waals surface area contributed by atoms with Crippen molar-refractivity contribution in [3.63, 3.8) is 0 Å². The number of nitrogens with zero attached hydrogens (tertiary/aromatic N) is 4. The van der Waals surface area contributed by atoms with E-state index in [-0.39, 0.29) is 0 Å². The van der Waals surface area contributed by atoms with E-state index in [0.29, 0.717) is 23.0 Å². The lowest BCUT2D eigenvalue weighted by Gasteiger charge is -2.09. The van der Waals surface area contributed by atoms with Crippen LogP contribution in [0.3, 0.4) is 0 Å². The summed E-state index contributed by atoms with van der Waals surface area (Å²) in [5, 5.41) is 8.82. The molecule has 306 valence electrons. The lowest BCUT2D eigenvalue weighted by atomic mass is 10.00. The van der Waals surface area contributed by atoms with E-state index in [9.17, 15) is 0 Å². The smallest absolute Gasteiger partial charge is 0.178 e. The minimum atomic E-state index is 0.537. The molecule has 8 aromatic carbocycles. The van der Waals surface area contributed by atoms with Crippen molar-refractivity contribution < 1.29 is 8.83 Å². The first-order chi connectivity index (χ1) is 32.1. The Labute approximate surface area is 376 Å². The summed E-state index contributed by atoms with van der Waals surface area (Å²) in [6.45, 7) is 6.65. The van der Waals surface area contributed by atoms with Crippen LogP contribution in [0.2, 0.25) is 0 Å². The molecule has 0 radical (unpaired) electrons. The number of rotatable bonds is 6. The first kappa shape index (κ1) is 37.2. The normalized spacial score (nSPS) is 12.6. The summed E-state index contributed by atoms with van der Waals surface area (Å²) in [6.07, 6.45) is 4.30. The van der Waals surface area contributed by atoms with E-state index in [1.165, 1.54) is 10.1 Å². The number of allylic oxidation sites excluding steroid dienone is 1. The number of furan rings is 2.